The highest BCUT2D eigenvalue weighted by Crippen LogP contribution is 2.25. The molecular weight excluding hydrogens is 362 g/mol. The highest BCUT2D eigenvalue weighted by molar-refractivity contribution is 6.32. The lowest BCUT2D eigenvalue weighted by atomic mass is 10.1. The van der Waals surface area contributed by atoms with E-state index in [1.54, 1.807) is 6.07 Å². The molecule has 134 valence electrons. The predicted molar refractivity (Wildman–Crippen MR) is 95.4 cm³/mol. The number of hydrogen-bond donors (Lipinski definition) is 0. The Bertz CT molecular complexity index is 860. The molecule has 2 rings (SSSR count). The number of non-ortho nitro benzene ring substituents is 1. The third-order valence-corrected chi connectivity index (χ3v) is 3.63. The van der Waals surface area contributed by atoms with Crippen LogP contribution >= 0.6 is 11.6 Å². The number of Topliss-reactive ketones (excluding diaryl/α,β-unsaturated/α-hetero) is 1. The Morgan fingerprint density at radius 3 is 2.46 bits per heavy atom. The van der Waals surface area contributed by atoms with Crippen molar-refractivity contribution in [2.75, 3.05) is 13.7 Å². The fourth-order valence-corrected chi connectivity index (χ4v) is 2.24. The highest BCUT2D eigenvalue weighted by Gasteiger charge is 2.11. The van der Waals surface area contributed by atoms with Crippen molar-refractivity contribution >= 4 is 35.1 Å². The van der Waals surface area contributed by atoms with Gasteiger partial charge < -0.3 is 9.47 Å². The van der Waals surface area contributed by atoms with Crippen molar-refractivity contribution < 1.29 is 24.0 Å². The first-order valence-corrected chi connectivity index (χ1v) is 7.74. The van der Waals surface area contributed by atoms with Crippen LogP contribution in [0, 0.1) is 10.1 Å². The Labute approximate surface area is 153 Å². The van der Waals surface area contributed by atoms with Gasteiger partial charge in [-0.15, -0.1) is 0 Å². The summed E-state index contributed by atoms with van der Waals surface area (Å²) in [6, 6.07) is 10.1. The Morgan fingerprint density at radius 2 is 1.88 bits per heavy atom. The fourth-order valence-electron chi connectivity index (χ4n) is 1.98. The van der Waals surface area contributed by atoms with Gasteiger partial charge in [-0.3, -0.25) is 14.9 Å². The van der Waals surface area contributed by atoms with E-state index in [4.69, 9.17) is 21.1 Å². The van der Waals surface area contributed by atoms with Gasteiger partial charge in [0.15, 0.2) is 12.4 Å². The molecule has 0 radical (unpaired) electrons. The minimum absolute atomic E-state index is 0.0477. The number of esters is 1. The van der Waals surface area contributed by atoms with E-state index in [2.05, 4.69) is 0 Å². The number of nitro benzene ring substituents is 1. The number of methoxy groups -OCH3 is 1. The first kappa shape index (κ1) is 19.1. The van der Waals surface area contributed by atoms with E-state index in [0.29, 0.717) is 16.9 Å². The molecular formula is C18H14ClNO6. The second-order valence-corrected chi connectivity index (χ2v) is 5.47. The molecule has 0 aliphatic rings. The van der Waals surface area contributed by atoms with Crippen LogP contribution in [0.4, 0.5) is 5.69 Å². The number of benzene rings is 2. The molecule has 0 bridgehead atoms. The van der Waals surface area contributed by atoms with Gasteiger partial charge in [-0.25, -0.2) is 4.79 Å². The molecule has 0 saturated heterocycles. The maximum absolute atomic E-state index is 12.0. The molecule has 0 atom stereocenters. The van der Waals surface area contributed by atoms with Crippen LogP contribution in [0.5, 0.6) is 5.75 Å². The maximum atomic E-state index is 12.0. The Morgan fingerprint density at radius 1 is 1.19 bits per heavy atom. The molecule has 0 amide bonds. The van der Waals surface area contributed by atoms with E-state index in [1.807, 2.05) is 0 Å². The van der Waals surface area contributed by atoms with Crippen LogP contribution in [0.1, 0.15) is 15.9 Å². The van der Waals surface area contributed by atoms with Gasteiger partial charge in [0.1, 0.15) is 5.75 Å². The number of carbonyl (C=O) groups is 2. The zero-order chi connectivity index (χ0) is 19.1. The minimum atomic E-state index is -0.712. The lowest BCUT2D eigenvalue weighted by molar-refractivity contribution is -0.384. The summed E-state index contributed by atoms with van der Waals surface area (Å²) in [6.07, 6.45) is 2.57. The van der Waals surface area contributed by atoms with E-state index < -0.39 is 23.3 Å². The lowest BCUT2D eigenvalue weighted by Crippen LogP contribution is -2.12. The van der Waals surface area contributed by atoms with Crippen molar-refractivity contribution in [2.24, 2.45) is 0 Å². The second-order valence-electron chi connectivity index (χ2n) is 5.06. The number of nitrogens with zero attached hydrogens (tertiary/aromatic N) is 1. The standard InChI is InChI=1S/C18H14ClNO6/c1-25-17-8-5-13(10-15(17)19)16(21)11-26-18(22)9-4-12-2-6-14(7-3-12)20(23)24/h2-10H,11H2,1H3/b9-4+. The van der Waals surface area contributed by atoms with E-state index in [9.17, 15) is 19.7 Å². The van der Waals surface area contributed by atoms with Gasteiger partial charge in [-0.05, 0) is 42.0 Å². The normalized spacial score (nSPS) is 10.5. The van der Waals surface area contributed by atoms with E-state index in [-0.39, 0.29) is 10.7 Å². The van der Waals surface area contributed by atoms with Gasteiger partial charge in [-0.1, -0.05) is 11.6 Å². The van der Waals surface area contributed by atoms with E-state index in [0.717, 1.165) is 6.08 Å². The maximum Gasteiger partial charge on any atom is 0.331 e. The van der Waals surface area contributed by atoms with Gasteiger partial charge in [0.2, 0.25) is 0 Å². The monoisotopic (exact) mass is 375 g/mol. The molecule has 0 fully saturated rings. The summed E-state index contributed by atoms with van der Waals surface area (Å²) in [5.41, 5.74) is 0.831. The summed E-state index contributed by atoms with van der Waals surface area (Å²) in [4.78, 5) is 33.7. The van der Waals surface area contributed by atoms with Crippen molar-refractivity contribution in [1.82, 2.24) is 0 Å². The van der Waals surface area contributed by atoms with E-state index >= 15 is 0 Å². The average molecular weight is 376 g/mol. The van der Waals surface area contributed by atoms with Crippen LogP contribution in [-0.2, 0) is 9.53 Å². The van der Waals surface area contributed by atoms with Crippen LogP contribution in [0.2, 0.25) is 5.02 Å². The summed E-state index contributed by atoms with van der Waals surface area (Å²) < 4.78 is 9.88. The summed E-state index contributed by atoms with van der Waals surface area (Å²) in [5, 5.41) is 10.8. The van der Waals surface area contributed by atoms with Crippen LogP contribution < -0.4 is 4.74 Å². The van der Waals surface area contributed by atoms with Gasteiger partial charge >= 0.3 is 5.97 Å². The zero-order valence-corrected chi connectivity index (χ0v) is 14.4. The number of nitro groups is 1. The van der Waals surface area contributed by atoms with Crippen molar-refractivity contribution in [3.63, 3.8) is 0 Å². The molecule has 7 nitrogen and oxygen atoms in total. The van der Waals surface area contributed by atoms with Crippen molar-refractivity contribution in [3.05, 3.63) is 74.8 Å². The topological polar surface area (TPSA) is 95.7 Å². The van der Waals surface area contributed by atoms with Crippen molar-refractivity contribution in [1.29, 1.82) is 0 Å². The van der Waals surface area contributed by atoms with Gasteiger partial charge in [0.05, 0.1) is 17.1 Å². The summed E-state index contributed by atoms with van der Waals surface area (Å²) in [6.45, 7) is -0.438. The second kappa shape index (κ2) is 8.77. The molecule has 0 aliphatic heterocycles. The molecule has 0 spiro atoms. The van der Waals surface area contributed by atoms with Gasteiger partial charge in [0.25, 0.3) is 5.69 Å². The smallest absolute Gasteiger partial charge is 0.331 e. The molecule has 26 heavy (non-hydrogen) atoms. The third kappa shape index (κ3) is 5.15. The van der Waals surface area contributed by atoms with Crippen LogP contribution in [-0.4, -0.2) is 30.4 Å². The van der Waals surface area contributed by atoms with Crippen LogP contribution in [0.15, 0.2) is 48.5 Å². The molecule has 2 aromatic rings. The number of ketones is 1. The predicted octanol–water partition coefficient (Wildman–Crippen LogP) is 3.70. The van der Waals surface area contributed by atoms with Gasteiger partial charge in [0, 0.05) is 23.8 Å². The quantitative estimate of drug-likeness (QED) is 0.241. The number of ether oxygens (including phenoxy) is 2. The number of halogens is 1. The molecule has 0 heterocycles. The Kier molecular flexibility index (Phi) is 6.46. The zero-order valence-electron chi connectivity index (χ0n) is 13.7. The van der Waals surface area contributed by atoms with Crippen molar-refractivity contribution in [3.8, 4) is 5.75 Å². The molecule has 0 aromatic heterocycles. The highest BCUT2D eigenvalue weighted by atomic mass is 35.5. The van der Waals surface area contributed by atoms with Gasteiger partial charge in [-0.2, -0.15) is 0 Å². The fraction of sp³-hybridized carbons (Fsp3) is 0.111. The molecule has 0 N–H and O–H groups in total. The molecule has 8 heteroatoms. The first-order valence-electron chi connectivity index (χ1n) is 7.36. The first-order chi connectivity index (χ1) is 12.4. The molecule has 2 aromatic carbocycles. The third-order valence-electron chi connectivity index (χ3n) is 3.34. The summed E-state index contributed by atoms with van der Waals surface area (Å²) in [7, 11) is 1.46. The van der Waals surface area contributed by atoms with Crippen molar-refractivity contribution in [2.45, 2.75) is 0 Å². The minimum Gasteiger partial charge on any atom is -0.495 e. The molecule has 0 unspecified atom stereocenters. The van der Waals surface area contributed by atoms with Crippen LogP contribution in [0.25, 0.3) is 6.08 Å². The molecule has 0 saturated carbocycles. The largest absolute Gasteiger partial charge is 0.495 e. The molecule has 0 aliphatic carbocycles. The van der Waals surface area contributed by atoms with E-state index in [1.165, 1.54) is 49.6 Å². The summed E-state index contributed by atoms with van der Waals surface area (Å²) in [5.74, 6) is -0.686. The number of hydrogen-bond acceptors (Lipinski definition) is 6. The lowest BCUT2D eigenvalue weighted by Gasteiger charge is -2.05. The SMILES string of the molecule is COc1ccc(C(=O)COC(=O)/C=C/c2ccc([N+](=O)[O-])cc2)cc1Cl. The Balaban J connectivity index is 1.90. The number of carbonyl (C=O) groups excluding carboxylic acids is 2. The van der Waals surface area contributed by atoms with Crippen LogP contribution in [0.3, 0.4) is 0 Å². The Hall–Kier alpha value is -3.19. The number of rotatable bonds is 7. The summed E-state index contributed by atoms with van der Waals surface area (Å²) >= 11 is 5.95. The average Bonchev–Trinajstić information content (AvgIpc) is 2.64.